The largest absolute Gasteiger partial charge is 1.00 e. The smallest absolute Gasteiger partial charge is 0.744 e. The number of nitrogens with zero attached hydrogens (tertiary/aromatic N) is 6. The first-order valence-electron chi connectivity index (χ1n) is 20.8. The molecule has 0 bridgehead atoms. The molecule has 26 nitrogen and oxygen atoms in total. The summed E-state index contributed by atoms with van der Waals surface area (Å²) in [5.41, 5.74) is -0.916. The van der Waals surface area contributed by atoms with Crippen LogP contribution in [0.1, 0.15) is 11.1 Å². The van der Waals surface area contributed by atoms with Gasteiger partial charge in [-0.2, -0.15) is 9.97 Å². The van der Waals surface area contributed by atoms with Gasteiger partial charge in [0.1, 0.15) is 63.7 Å². The average molecular weight is 1160 g/mol. The molecule has 0 unspecified atom stereocenters. The molecule has 0 saturated heterocycles. The summed E-state index contributed by atoms with van der Waals surface area (Å²) < 4.78 is 146. The van der Waals surface area contributed by atoms with Gasteiger partial charge in [0.2, 0.25) is 11.2 Å². The van der Waals surface area contributed by atoms with Crippen molar-refractivity contribution in [3.8, 4) is 0 Å². The van der Waals surface area contributed by atoms with Gasteiger partial charge in [0.15, 0.2) is 0 Å². The van der Waals surface area contributed by atoms with Crippen LogP contribution < -0.4 is 150 Å². The molecule has 34 heteroatoms. The van der Waals surface area contributed by atoms with Crippen LogP contribution in [0.3, 0.4) is 0 Å². The number of H-pyrrole nitrogens is 2. The van der Waals surface area contributed by atoms with E-state index in [1.165, 1.54) is 70.5 Å². The molecule has 0 spiro atoms. The molecule has 0 saturated carbocycles. The molecule has 76 heavy (non-hydrogen) atoms. The number of hydrogen-bond acceptors (Lipinski definition) is 24. The van der Waals surface area contributed by atoms with E-state index in [1.54, 1.807) is 0 Å². The molecule has 0 aliphatic rings. The first-order chi connectivity index (χ1) is 34.0. The van der Waals surface area contributed by atoms with E-state index in [9.17, 15) is 72.3 Å². The molecule has 0 amide bonds. The number of nitrogens with one attached hydrogen (secondary N) is 4. The van der Waals surface area contributed by atoms with Crippen molar-refractivity contribution in [1.29, 1.82) is 0 Å². The Morgan fingerprint density at radius 3 is 1.13 bits per heavy atom. The van der Waals surface area contributed by atoms with Crippen LogP contribution in [0.2, 0.25) is 0 Å². The van der Waals surface area contributed by atoms with E-state index < -0.39 is 60.1 Å². The normalized spacial score (nSPS) is 12.2. The number of aromatic amines is 2. The van der Waals surface area contributed by atoms with Crippen LogP contribution in [0, 0.1) is 0 Å². The SMILES string of the molecule is O=S(=O)([O-])c1cccc(N=c2nc(N(CCO)CCO)cc(Nc3ccc(/C=C/c4ccc(Nc5cc(N(CCO)CCO)nc(=Nc6cccc(S(=O)(=O)[O-])c6)[nH]5)cc4S(=O)(=O)[O-])c(S(=O)(=O)[O-])c3)[nH]2)c1.[Na+].[Na+].[Na+].[Na+]. The van der Waals surface area contributed by atoms with E-state index in [0.29, 0.717) is 0 Å². The second-order valence-corrected chi connectivity index (χ2v) is 20.4. The molecular weight excluding hydrogens is 1120 g/mol. The maximum atomic E-state index is 12.7. The number of anilines is 6. The van der Waals surface area contributed by atoms with Crippen molar-refractivity contribution in [2.24, 2.45) is 9.98 Å². The van der Waals surface area contributed by atoms with Gasteiger partial charge < -0.3 is 69.0 Å². The monoisotopic (exact) mass is 1160 g/mol. The quantitative estimate of drug-likeness (QED) is 0.0178. The van der Waals surface area contributed by atoms with Gasteiger partial charge in [-0.3, -0.25) is 0 Å². The van der Waals surface area contributed by atoms with Gasteiger partial charge in [-0.25, -0.2) is 43.7 Å². The summed E-state index contributed by atoms with van der Waals surface area (Å²) in [4.78, 5) is 23.1. The van der Waals surface area contributed by atoms with Gasteiger partial charge in [0.25, 0.3) is 0 Å². The number of hydrogen-bond donors (Lipinski definition) is 8. The summed E-state index contributed by atoms with van der Waals surface area (Å²) in [6.45, 7) is -1.56. The fourth-order valence-electron chi connectivity index (χ4n) is 6.72. The maximum absolute atomic E-state index is 12.7. The van der Waals surface area contributed by atoms with E-state index in [1.807, 2.05) is 0 Å². The second kappa shape index (κ2) is 30.6. The Balaban J connectivity index is 0.00000494. The van der Waals surface area contributed by atoms with E-state index in [4.69, 9.17) is 0 Å². The maximum Gasteiger partial charge on any atom is 1.00 e. The summed E-state index contributed by atoms with van der Waals surface area (Å²) in [5, 5.41) is 44.4. The predicted octanol–water partition coefficient (Wildman–Crippen LogP) is -11.5. The fourth-order valence-corrected chi connectivity index (χ4v) is 9.14. The van der Waals surface area contributed by atoms with Gasteiger partial charge in [-0.05, 0) is 71.8 Å². The molecule has 0 atom stereocenters. The molecule has 0 radical (unpaired) electrons. The Morgan fingerprint density at radius 1 is 0.487 bits per heavy atom. The molecule has 2 aromatic heterocycles. The van der Waals surface area contributed by atoms with Crippen LogP contribution in [0.4, 0.5) is 46.0 Å². The topological polar surface area (TPSA) is 422 Å². The minimum Gasteiger partial charge on any atom is -0.744 e. The van der Waals surface area contributed by atoms with Crippen molar-refractivity contribution in [3.63, 3.8) is 0 Å². The Morgan fingerprint density at radius 2 is 0.829 bits per heavy atom. The molecule has 6 aromatic rings. The third kappa shape index (κ3) is 20.0. The van der Waals surface area contributed by atoms with Gasteiger partial charge in [-0.1, -0.05) is 36.4 Å². The van der Waals surface area contributed by atoms with Crippen LogP contribution in [-0.4, -0.2) is 145 Å². The molecule has 384 valence electrons. The van der Waals surface area contributed by atoms with Crippen LogP contribution in [0.25, 0.3) is 12.2 Å². The van der Waals surface area contributed by atoms with Crippen molar-refractivity contribution in [2.75, 3.05) is 73.0 Å². The van der Waals surface area contributed by atoms with E-state index >= 15 is 0 Å². The van der Waals surface area contributed by atoms with E-state index in [2.05, 4.69) is 40.6 Å². The van der Waals surface area contributed by atoms with Crippen LogP contribution >= 0.6 is 0 Å². The van der Waals surface area contributed by atoms with Crippen molar-refractivity contribution in [3.05, 3.63) is 119 Å². The third-order valence-corrected chi connectivity index (χ3v) is 13.3. The number of benzene rings is 4. The summed E-state index contributed by atoms with van der Waals surface area (Å²) in [6.07, 6.45) is 2.16. The molecule has 0 aliphatic heterocycles. The number of aromatic nitrogens is 4. The van der Waals surface area contributed by atoms with E-state index in [-0.39, 0.29) is 239 Å². The van der Waals surface area contributed by atoms with Crippen LogP contribution in [-0.2, 0) is 40.5 Å². The second-order valence-electron chi connectivity index (χ2n) is 14.9. The first kappa shape index (κ1) is 69.2. The minimum atomic E-state index is -5.28. The average Bonchev–Trinajstić information content (AvgIpc) is 3.30. The molecule has 0 aliphatic carbocycles. The van der Waals surface area contributed by atoms with E-state index in [0.717, 1.165) is 48.6 Å². The van der Waals surface area contributed by atoms with Gasteiger partial charge in [-0.15, -0.1) is 0 Å². The predicted molar refractivity (Wildman–Crippen MR) is 254 cm³/mol. The molecular formula is C42H42N10Na4O16S4. The Labute approximate surface area is 524 Å². The van der Waals surface area contributed by atoms with Crippen molar-refractivity contribution in [2.45, 2.75) is 19.6 Å². The summed E-state index contributed by atoms with van der Waals surface area (Å²) >= 11 is 0. The number of aliphatic hydroxyl groups is 4. The van der Waals surface area contributed by atoms with Crippen LogP contribution in [0.15, 0.2) is 127 Å². The molecule has 2 heterocycles. The third-order valence-electron chi connectivity index (χ3n) is 9.86. The Hall–Kier alpha value is -2.94. The van der Waals surface area contributed by atoms with Crippen molar-refractivity contribution < 1.29 is 191 Å². The molecule has 0 fully saturated rings. The molecule has 4 aromatic carbocycles. The van der Waals surface area contributed by atoms with Crippen molar-refractivity contribution in [1.82, 2.24) is 19.9 Å². The Bertz CT molecular complexity index is 3370. The first-order valence-corrected chi connectivity index (χ1v) is 26.4. The fraction of sp³-hybridized carbons (Fsp3) is 0.190. The summed E-state index contributed by atoms with van der Waals surface area (Å²) in [6, 6.07) is 19.2. The van der Waals surface area contributed by atoms with Gasteiger partial charge in [0.05, 0.1) is 57.4 Å². The summed E-state index contributed by atoms with van der Waals surface area (Å²) in [5.74, 6) is 0.315. The van der Waals surface area contributed by atoms with Gasteiger partial charge >= 0.3 is 118 Å². The van der Waals surface area contributed by atoms with Crippen LogP contribution in [0.5, 0.6) is 0 Å². The number of aliphatic hydroxyl groups excluding tert-OH is 4. The molecule has 8 N–H and O–H groups in total. The minimum absolute atomic E-state index is 0. The standard InChI is InChI=1S/C42H46N10O16S4.4Na/c53-17-13-51(14-18-54)39-25-37(47-41(49-39)45-29-3-1-5-33(21-29)69(57,58)59)43-31-11-9-27(35(23-31)71(63,64)65)7-8-28-10-12-32(24-36(28)72(66,67)68)44-38-26-40(52(15-19-55)16-20-56)50-42(48-38)46-30-4-2-6-34(22-30)70(60,61)62;;;;/h1-12,21-26,53-56H,13-20H2,(H,57,58,59)(H,60,61,62)(H,63,64,65)(H,66,67,68)(H2,43,45,47,49)(H2,44,46,48,50);;;;/q;4*+1/p-4/b8-7+;;;;. The number of rotatable bonds is 22. The van der Waals surface area contributed by atoms with Crippen molar-refractivity contribution >= 4 is 98.6 Å². The molecule has 6 rings (SSSR count). The summed E-state index contributed by atoms with van der Waals surface area (Å²) in [7, 11) is -20.3. The zero-order valence-electron chi connectivity index (χ0n) is 41.1. The van der Waals surface area contributed by atoms with Gasteiger partial charge in [0, 0.05) is 49.7 Å². The zero-order valence-corrected chi connectivity index (χ0v) is 52.3. The Kier molecular flexibility index (Phi) is 27.8. The zero-order chi connectivity index (χ0) is 52.4.